The molecule has 1 aromatic carbocycles. The van der Waals surface area contributed by atoms with E-state index in [0.717, 1.165) is 84.3 Å². The third-order valence-corrected chi connectivity index (χ3v) is 14.8. The van der Waals surface area contributed by atoms with Crippen LogP contribution in [0.5, 0.6) is 0 Å². The van der Waals surface area contributed by atoms with Gasteiger partial charge < -0.3 is 23.7 Å². The van der Waals surface area contributed by atoms with Crippen molar-refractivity contribution in [1.82, 2.24) is 14.9 Å². The molecule has 1 aliphatic carbocycles. The van der Waals surface area contributed by atoms with Crippen LogP contribution >= 0.6 is 0 Å². The lowest BCUT2D eigenvalue weighted by molar-refractivity contribution is -0.155. The first-order chi connectivity index (χ1) is 21.6. The number of ether oxygens (including phenoxy) is 2. The number of fused-ring (bicyclic) bond motifs is 1. The van der Waals surface area contributed by atoms with Gasteiger partial charge in [0.05, 0.1) is 5.56 Å². The van der Waals surface area contributed by atoms with Crippen molar-refractivity contribution in [3.05, 3.63) is 59.4 Å². The lowest BCUT2D eigenvalue weighted by atomic mass is 9.96. The summed E-state index contributed by atoms with van der Waals surface area (Å²) in [5.41, 5.74) is 4.86. The third-order valence-electron chi connectivity index (χ3n) is 10.2. The van der Waals surface area contributed by atoms with Crippen LogP contribution in [0.4, 0.5) is 5.95 Å². The second kappa shape index (κ2) is 15.4. The molecule has 2 aromatic rings. The molecule has 9 heteroatoms. The van der Waals surface area contributed by atoms with Crippen molar-refractivity contribution < 1.29 is 18.7 Å². The third kappa shape index (κ3) is 9.32. The van der Waals surface area contributed by atoms with E-state index >= 15 is 0 Å². The predicted molar refractivity (Wildman–Crippen MR) is 183 cm³/mol. The van der Waals surface area contributed by atoms with E-state index in [4.69, 9.17) is 13.9 Å². The Morgan fingerprint density at radius 3 is 2.53 bits per heavy atom. The number of nitrogens with zero attached hydrogens (tertiary/aromatic N) is 4. The number of carbonyl (C=O) groups is 1. The van der Waals surface area contributed by atoms with Crippen molar-refractivity contribution in [3.63, 3.8) is 0 Å². The van der Waals surface area contributed by atoms with Gasteiger partial charge in [0, 0.05) is 58.3 Å². The van der Waals surface area contributed by atoms with Crippen LogP contribution in [0.15, 0.2) is 42.7 Å². The highest BCUT2D eigenvalue weighted by molar-refractivity contribution is 6.74. The Morgan fingerprint density at radius 2 is 1.82 bits per heavy atom. The molecule has 5 rings (SSSR count). The molecule has 0 bridgehead atoms. The molecule has 0 saturated carbocycles. The number of ketones is 1. The van der Waals surface area contributed by atoms with Crippen LogP contribution in [0.1, 0.15) is 80.8 Å². The van der Waals surface area contributed by atoms with Crippen LogP contribution in [0.3, 0.4) is 0 Å². The summed E-state index contributed by atoms with van der Waals surface area (Å²) in [6, 6.07) is 8.84. The van der Waals surface area contributed by atoms with Gasteiger partial charge in [0.1, 0.15) is 6.61 Å². The summed E-state index contributed by atoms with van der Waals surface area (Å²) in [5, 5.41) is 0.217. The van der Waals surface area contributed by atoms with E-state index in [1.165, 1.54) is 16.7 Å². The Morgan fingerprint density at radius 1 is 1.07 bits per heavy atom. The number of hydrogen-bond acceptors (Lipinski definition) is 8. The first-order valence-corrected chi connectivity index (χ1v) is 20.0. The van der Waals surface area contributed by atoms with E-state index < -0.39 is 8.32 Å². The Kier molecular flexibility index (Phi) is 11.6. The van der Waals surface area contributed by atoms with Crippen LogP contribution in [0.25, 0.3) is 5.57 Å². The number of rotatable bonds is 14. The van der Waals surface area contributed by atoms with Gasteiger partial charge >= 0.3 is 0 Å². The normalized spacial score (nSPS) is 19.6. The average Bonchev–Trinajstić information content (AvgIpc) is 3.46. The van der Waals surface area contributed by atoms with Gasteiger partial charge in [-0.05, 0) is 85.7 Å². The molecule has 1 atom stereocenters. The standard InChI is InChI=1S/C36H54N4O4Si/c1-36(2,3)45(4,5)44-23-21-39(18-17-30-14-13-29-10-6-7-11-32(29)30)26-28-15-19-40(20-16-28)35-37-24-31(25-38-35)33(41)27-43-34-12-8-9-22-42-34/h6-7,10-11,14,24-25,28,34H,8-9,12-13,15-23,26-27H2,1-5H3. The van der Waals surface area contributed by atoms with Crippen molar-refractivity contribution in [2.75, 3.05) is 57.4 Å². The SMILES string of the molecule is CC(C)(C)[Si](C)(C)OCCN(CCC1=CCc2ccccc21)CC1CCN(c2ncc(C(=O)COC3CCCCO3)cn2)CC1. The predicted octanol–water partition coefficient (Wildman–Crippen LogP) is 6.77. The number of carbonyl (C=O) groups excluding carboxylic acids is 1. The molecule has 2 saturated heterocycles. The van der Waals surface area contributed by atoms with E-state index in [-0.39, 0.29) is 23.7 Å². The summed E-state index contributed by atoms with van der Waals surface area (Å²) in [4.78, 5) is 26.6. The van der Waals surface area contributed by atoms with Gasteiger partial charge in [-0.15, -0.1) is 0 Å². The molecule has 0 radical (unpaired) electrons. The summed E-state index contributed by atoms with van der Waals surface area (Å²) in [6.07, 6.45) is 12.7. The fourth-order valence-electron chi connectivity index (χ4n) is 6.21. The van der Waals surface area contributed by atoms with Gasteiger partial charge in [-0.25, -0.2) is 9.97 Å². The number of Topliss-reactive ketones (excluding diaryl/α,β-unsaturated/α-hetero) is 1. The van der Waals surface area contributed by atoms with Crippen molar-refractivity contribution in [2.24, 2.45) is 5.92 Å². The van der Waals surface area contributed by atoms with Gasteiger partial charge in [-0.3, -0.25) is 4.79 Å². The number of allylic oxidation sites excluding steroid dienone is 1. The molecule has 8 nitrogen and oxygen atoms in total. The Balaban J connectivity index is 1.11. The van der Waals surface area contributed by atoms with Gasteiger partial charge in [-0.2, -0.15) is 0 Å². The van der Waals surface area contributed by atoms with Crippen molar-refractivity contribution >= 4 is 25.6 Å². The minimum atomic E-state index is -1.78. The maximum absolute atomic E-state index is 12.6. The Labute approximate surface area is 271 Å². The fourth-order valence-corrected chi connectivity index (χ4v) is 7.25. The van der Waals surface area contributed by atoms with Crippen LogP contribution < -0.4 is 4.90 Å². The van der Waals surface area contributed by atoms with Gasteiger partial charge in [0.2, 0.25) is 5.95 Å². The summed E-state index contributed by atoms with van der Waals surface area (Å²) in [6.45, 7) is 18.1. The topological polar surface area (TPSA) is 77.0 Å². The molecule has 1 aromatic heterocycles. The minimum Gasteiger partial charge on any atom is -0.416 e. The lowest BCUT2D eigenvalue weighted by Crippen LogP contribution is -2.44. The van der Waals surface area contributed by atoms with Crippen LogP contribution in [-0.2, 0) is 20.3 Å². The second-order valence-electron chi connectivity index (χ2n) is 14.5. The summed E-state index contributed by atoms with van der Waals surface area (Å²) in [5.74, 6) is 1.22. The van der Waals surface area contributed by atoms with Gasteiger partial charge in [-0.1, -0.05) is 51.1 Å². The first kappa shape index (κ1) is 33.9. The highest BCUT2D eigenvalue weighted by atomic mass is 28.4. The van der Waals surface area contributed by atoms with Crippen LogP contribution in [-0.4, -0.2) is 87.8 Å². The van der Waals surface area contributed by atoms with E-state index in [2.05, 4.69) is 84.0 Å². The maximum Gasteiger partial charge on any atom is 0.225 e. The highest BCUT2D eigenvalue weighted by Crippen LogP contribution is 2.36. The average molecular weight is 635 g/mol. The van der Waals surface area contributed by atoms with E-state index in [9.17, 15) is 4.79 Å². The molecule has 0 amide bonds. The molecule has 246 valence electrons. The first-order valence-electron chi connectivity index (χ1n) is 17.1. The number of piperidine rings is 1. The quantitative estimate of drug-likeness (QED) is 0.166. The second-order valence-corrected chi connectivity index (χ2v) is 19.3. The zero-order chi connectivity index (χ0) is 31.9. The molecule has 0 N–H and O–H groups in total. The molecule has 2 aliphatic heterocycles. The minimum absolute atomic E-state index is 0.00000719. The number of aromatic nitrogens is 2. The van der Waals surface area contributed by atoms with Crippen LogP contribution in [0, 0.1) is 5.92 Å². The number of anilines is 1. The highest BCUT2D eigenvalue weighted by Gasteiger charge is 2.37. The van der Waals surface area contributed by atoms with Crippen molar-refractivity contribution in [2.45, 2.75) is 90.1 Å². The monoisotopic (exact) mass is 634 g/mol. The molecule has 1 unspecified atom stereocenters. The molecule has 0 spiro atoms. The molecular weight excluding hydrogens is 581 g/mol. The zero-order valence-electron chi connectivity index (χ0n) is 28.2. The fraction of sp³-hybridized carbons (Fsp3) is 0.639. The molecule has 2 fully saturated rings. The molecule has 3 aliphatic rings. The van der Waals surface area contributed by atoms with Gasteiger partial charge in [0.15, 0.2) is 20.4 Å². The molecule has 45 heavy (non-hydrogen) atoms. The van der Waals surface area contributed by atoms with E-state index in [1.807, 2.05) is 0 Å². The Bertz CT molecular complexity index is 1280. The zero-order valence-corrected chi connectivity index (χ0v) is 29.2. The van der Waals surface area contributed by atoms with E-state index in [0.29, 0.717) is 24.0 Å². The smallest absolute Gasteiger partial charge is 0.225 e. The summed E-state index contributed by atoms with van der Waals surface area (Å²) < 4.78 is 17.8. The number of hydrogen-bond donors (Lipinski definition) is 0. The lowest BCUT2D eigenvalue weighted by Gasteiger charge is -2.38. The summed E-state index contributed by atoms with van der Waals surface area (Å²) >= 11 is 0. The largest absolute Gasteiger partial charge is 0.416 e. The van der Waals surface area contributed by atoms with Crippen LogP contribution in [0.2, 0.25) is 18.1 Å². The van der Waals surface area contributed by atoms with Crippen molar-refractivity contribution in [3.8, 4) is 0 Å². The molecular formula is C36H54N4O4Si. The Hall–Kier alpha value is -2.43. The van der Waals surface area contributed by atoms with E-state index in [1.54, 1.807) is 12.4 Å². The maximum atomic E-state index is 12.6. The number of benzene rings is 1. The van der Waals surface area contributed by atoms with Gasteiger partial charge in [0.25, 0.3) is 0 Å². The summed E-state index contributed by atoms with van der Waals surface area (Å²) in [7, 11) is -1.78. The van der Waals surface area contributed by atoms with Crippen molar-refractivity contribution in [1.29, 1.82) is 0 Å². The molecule has 3 heterocycles.